The highest BCUT2D eigenvalue weighted by Gasteiger charge is 2.21. The number of nitrogens with one attached hydrogen (secondary N) is 1. The van der Waals surface area contributed by atoms with Crippen molar-refractivity contribution in [2.75, 3.05) is 51.2 Å². The Labute approximate surface area is 170 Å². The van der Waals surface area contributed by atoms with Crippen LogP contribution in [0.25, 0.3) is 0 Å². The summed E-state index contributed by atoms with van der Waals surface area (Å²) in [5.41, 5.74) is 3.58. The summed E-state index contributed by atoms with van der Waals surface area (Å²) in [5.74, 6) is 0. The Hall–Kier alpha value is -1.24. The number of aliphatic hydroxyl groups is 1. The fourth-order valence-corrected chi connectivity index (χ4v) is 5.11. The molecular formula is C21H26ClN3OS. The molecule has 0 atom stereocenters. The third-order valence-corrected chi connectivity index (χ3v) is 6.86. The number of hydrogen-bond acceptors (Lipinski definition) is 5. The van der Waals surface area contributed by atoms with E-state index in [9.17, 15) is 0 Å². The van der Waals surface area contributed by atoms with Crippen molar-refractivity contribution >= 4 is 34.7 Å². The number of piperazine rings is 1. The number of para-hydroxylation sites is 1. The third-order valence-electron chi connectivity index (χ3n) is 5.37. The quantitative estimate of drug-likeness (QED) is 0.648. The second-order valence-corrected chi connectivity index (χ2v) is 8.62. The minimum atomic E-state index is 0.256. The van der Waals surface area contributed by atoms with Crippen LogP contribution >= 0.6 is 23.4 Å². The van der Waals surface area contributed by atoms with Crippen molar-refractivity contribution in [3.05, 3.63) is 47.0 Å². The molecule has 144 valence electrons. The van der Waals surface area contributed by atoms with Crippen LogP contribution in [0.3, 0.4) is 0 Å². The molecule has 1 fully saturated rings. The van der Waals surface area contributed by atoms with Crippen LogP contribution in [0.15, 0.2) is 46.2 Å². The monoisotopic (exact) mass is 403 g/mol. The molecule has 6 heteroatoms. The largest absolute Gasteiger partial charge is 0.395 e. The summed E-state index contributed by atoms with van der Waals surface area (Å²) in [5, 5.41) is 13.5. The number of anilines is 2. The van der Waals surface area contributed by atoms with E-state index in [4.69, 9.17) is 16.7 Å². The van der Waals surface area contributed by atoms with Crippen molar-refractivity contribution in [1.82, 2.24) is 9.80 Å². The summed E-state index contributed by atoms with van der Waals surface area (Å²) >= 11 is 8.38. The lowest BCUT2D eigenvalue weighted by Crippen LogP contribution is -2.47. The van der Waals surface area contributed by atoms with E-state index in [1.54, 1.807) is 0 Å². The summed E-state index contributed by atoms with van der Waals surface area (Å²) in [7, 11) is 0. The first-order valence-corrected chi connectivity index (χ1v) is 10.8. The third kappa shape index (κ3) is 4.44. The second-order valence-electron chi connectivity index (χ2n) is 7.13. The van der Waals surface area contributed by atoms with Crippen LogP contribution in [0.5, 0.6) is 0 Å². The topological polar surface area (TPSA) is 38.7 Å². The summed E-state index contributed by atoms with van der Waals surface area (Å²) < 4.78 is 0. The summed E-state index contributed by atoms with van der Waals surface area (Å²) in [6.45, 7) is 6.42. The summed E-state index contributed by atoms with van der Waals surface area (Å²) in [6.07, 6.45) is 2.08. The van der Waals surface area contributed by atoms with Crippen molar-refractivity contribution < 1.29 is 5.11 Å². The smallest absolute Gasteiger partial charge is 0.0573 e. The van der Waals surface area contributed by atoms with Gasteiger partial charge in [0.15, 0.2) is 0 Å². The maximum atomic E-state index is 9.06. The second kappa shape index (κ2) is 8.84. The Bertz CT molecular complexity index is 793. The first kappa shape index (κ1) is 19.1. The molecule has 0 spiro atoms. The normalized spacial score (nSPS) is 17.3. The van der Waals surface area contributed by atoms with E-state index < -0.39 is 0 Å². The zero-order chi connectivity index (χ0) is 18.6. The lowest BCUT2D eigenvalue weighted by atomic mass is 10.1. The zero-order valence-electron chi connectivity index (χ0n) is 15.5. The molecule has 0 aliphatic carbocycles. The number of hydrogen-bond donors (Lipinski definition) is 2. The van der Waals surface area contributed by atoms with Crippen LogP contribution in [0.2, 0.25) is 5.02 Å². The Morgan fingerprint density at radius 1 is 0.963 bits per heavy atom. The Morgan fingerprint density at radius 2 is 1.70 bits per heavy atom. The van der Waals surface area contributed by atoms with Gasteiger partial charge in [0.1, 0.15) is 0 Å². The molecule has 2 heterocycles. The molecule has 2 aliphatic heterocycles. The van der Waals surface area contributed by atoms with Crippen LogP contribution in [-0.4, -0.2) is 60.8 Å². The highest BCUT2D eigenvalue weighted by Crippen LogP contribution is 2.47. The van der Waals surface area contributed by atoms with Gasteiger partial charge < -0.3 is 15.3 Å². The van der Waals surface area contributed by atoms with Gasteiger partial charge in [0, 0.05) is 47.5 Å². The molecule has 2 N–H and O–H groups in total. The van der Waals surface area contributed by atoms with Crippen molar-refractivity contribution in [3.63, 3.8) is 0 Å². The Kier molecular flexibility index (Phi) is 6.25. The van der Waals surface area contributed by atoms with Crippen LogP contribution in [-0.2, 0) is 6.42 Å². The molecule has 0 bridgehead atoms. The molecule has 27 heavy (non-hydrogen) atoms. The minimum absolute atomic E-state index is 0.256. The van der Waals surface area contributed by atoms with E-state index in [0.29, 0.717) is 0 Å². The number of β-amino-alcohol motifs (C(OH)–C–C–N with tert-alkyl or cyclic N) is 1. The predicted molar refractivity (Wildman–Crippen MR) is 114 cm³/mol. The molecule has 4 nitrogen and oxygen atoms in total. The van der Waals surface area contributed by atoms with Gasteiger partial charge in [-0.2, -0.15) is 0 Å². The van der Waals surface area contributed by atoms with Gasteiger partial charge in [-0.3, -0.25) is 4.90 Å². The molecule has 0 amide bonds. The average molecular weight is 404 g/mol. The molecule has 2 aromatic rings. The Balaban J connectivity index is 1.38. The zero-order valence-corrected chi connectivity index (χ0v) is 17.0. The SMILES string of the molecule is OCCN1CCN(CCCc2c(Cl)ccc3c2Nc2ccccc2S3)CC1. The minimum Gasteiger partial charge on any atom is -0.395 e. The van der Waals surface area contributed by atoms with Crippen molar-refractivity contribution in [2.45, 2.75) is 22.6 Å². The van der Waals surface area contributed by atoms with Gasteiger partial charge in [-0.15, -0.1) is 0 Å². The molecule has 0 unspecified atom stereocenters. The van der Waals surface area contributed by atoms with Gasteiger partial charge in [-0.25, -0.2) is 0 Å². The van der Waals surface area contributed by atoms with Crippen molar-refractivity contribution in [3.8, 4) is 0 Å². The fourth-order valence-electron chi connectivity index (χ4n) is 3.84. The molecule has 1 saturated heterocycles. The number of rotatable bonds is 6. The maximum Gasteiger partial charge on any atom is 0.0573 e. The van der Waals surface area contributed by atoms with Crippen LogP contribution in [0, 0.1) is 0 Å². The van der Waals surface area contributed by atoms with Crippen LogP contribution in [0.4, 0.5) is 11.4 Å². The Morgan fingerprint density at radius 3 is 2.48 bits per heavy atom. The van der Waals surface area contributed by atoms with Gasteiger partial charge in [-0.1, -0.05) is 35.5 Å². The van der Waals surface area contributed by atoms with E-state index in [1.807, 2.05) is 17.8 Å². The van der Waals surface area contributed by atoms with E-state index in [1.165, 1.54) is 26.7 Å². The number of halogens is 1. The van der Waals surface area contributed by atoms with Gasteiger partial charge in [-0.05, 0) is 49.2 Å². The average Bonchev–Trinajstić information content (AvgIpc) is 2.70. The van der Waals surface area contributed by atoms with E-state index in [2.05, 4.69) is 45.4 Å². The lowest BCUT2D eigenvalue weighted by Gasteiger charge is -2.34. The summed E-state index contributed by atoms with van der Waals surface area (Å²) in [6, 6.07) is 12.6. The standard InChI is InChI=1S/C21H26ClN3OS/c22-17-7-8-20-21(23-18-5-1-2-6-19(18)27-20)16(17)4-3-9-24-10-12-25(13-11-24)14-15-26/h1-2,5-8,23,26H,3-4,9-15H2. The maximum absolute atomic E-state index is 9.06. The van der Waals surface area contributed by atoms with Crippen molar-refractivity contribution in [1.29, 1.82) is 0 Å². The fraction of sp³-hybridized carbons (Fsp3) is 0.429. The highest BCUT2D eigenvalue weighted by molar-refractivity contribution is 7.99. The van der Waals surface area contributed by atoms with E-state index in [-0.39, 0.29) is 6.61 Å². The van der Waals surface area contributed by atoms with Gasteiger partial charge in [0.2, 0.25) is 0 Å². The van der Waals surface area contributed by atoms with Crippen molar-refractivity contribution in [2.24, 2.45) is 0 Å². The van der Waals surface area contributed by atoms with Gasteiger partial charge in [0.25, 0.3) is 0 Å². The lowest BCUT2D eigenvalue weighted by molar-refractivity contribution is 0.112. The highest BCUT2D eigenvalue weighted by atomic mass is 35.5. The first-order chi connectivity index (χ1) is 13.2. The number of aliphatic hydroxyl groups excluding tert-OH is 1. The molecule has 2 aliphatic rings. The molecule has 2 aromatic carbocycles. The van der Waals surface area contributed by atoms with Gasteiger partial charge >= 0.3 is 0 Å². The molecule has 0 aromatic heterocycles. The van der Waals surface area contributed by atoms with Crippen LogP contribution in [0.1, 0.15) is 12.0 Å². The molecule has 4 rings (SSSR count). The molecule has 0 saturated carbocycles. The number of fused-ring (bicyclic) bond motifs is 2. The van der Waals surface area contributed by atoms with Gasteiger partial charge in [0.05, 0.1) is 18.0 Å². The molecular weight excluding hydrogens is 378 g/mol. The van der Waals surface area contributed by atoms with E-state index >= 15 is 0 Å². The number of nitrogens with zero attached hydrogens (tertiary/aromatic N) is 2. The predicted octanol–water partition coefficient (Wildman–Crippen LogP) is 4.09. The number of benzene rings is 2. The van der Waals surface area contributed by atoms with E-state index in [0.717, 1.165) is 57.1 Å². The summed E-state index contributed by atoms with van der Waals surface area (Å²) in [4.78, 5) is 7.37. The first-order valence-electron chi connectivity index (χ1n) is 9.65. The molecule has 0 radical (unpaired) electrons. The van der Waals surface area contributed by atoms with Crippen LogP contribution < -0.4 is 5.32 Å².